The van der Waals surface area contributed by atoms with Gasteiger partial charge in [0.05, 0.1) is 33.4 Å². The molecular formula is C36H26N2. The van der Waals surface area contributed by atoms with Crippen molar-refractivity contribution in [3.8, 4) is 11.4 Å². The van der Waals surface area contributed by atoms with Gasteiger partial charge in [0.25, 0.3) is 0 Å². The zero-order chi connectivity index (χ0) is 25.4. The molecule has 0 bridgehead atoms. The first-order valence-electron chi connectivity index (χ1n) is 13.2. The van der Waals surface area contributed by atoms with Crippen LogP contribution in [-0.2, 0) is 0 Å². The van der Waals surface area contributed by atoms with E-state index in [9.17, 15) is 0 Å². The summed E-state index contributed by atoms with van der Waals surface area (Å²) >= 11 is 0. The lowest BCUT2D eigenvalue weighted by Gasteiger charge is -2.17. The van der Waals surface area contributed by atoms with Gasteiger partial charge in [0.2, 0.25) is 0 Å². The van der Waals surface area contributed by atoms with Crippen LogP contribution in [0.15, 0.2) is 121 Å². The van der Waals surface area contributed by atoms with Crippen molar-refractivity contribution in [2.45, 2.75) is 13.8 Å². The first-order chi connectivity index (χ1) is 18.7. The van der Waals surface area contributed by atoms with Crippen molar-refractivity contribution in [3.63, 3.8) is 0 Å². The second-order valence-electron chi connectivity index (χ2n) is 10.4. The number of aryl methyl sites for hydroxylation is 2. The number of rotatable bonds is 2. The molecule has 2 heterocycles. The number of aromatic nitrogens is 2. The van der Waals surface area contributed by atoms with E-state index in [4.69, 9.17) is 0 Å². The molecule has 0 amide bonds. The van der Waals surface area contributed by atoms with E-state index in [-0.39, 0.29) is 0 Å². The second-order valence-corrected chi connectivity index (χ2v) is 10.4. The lowest BCUT2D eigenvalue weighted by atomic mass is 10.1. The molecule has 2 nitrogen and oxygen atoms in total. The maximum atomic E-state index is 2.45. The van der Waals surface area contributed by atoms with Gasteiger partial charge in [-0.3, -0.25) is 0 Å². The minimum absolute atomic E-state index is 1.20. The van der Waals surface area contributed by atoms with Crippen LogP contribution in [0.4, 0.5) is 0 Å². The lowest BCUT2D eigenvalue weighted by molar-refractivity contribution is 1.16. The molecule has 0 saturated heterocycles. The quantitative estimate of drug-likeness (QED) is 0.230. The molecule has 38 heavy (non-hydrogen) atoms. The highest BCUT2D eigenvalue weighted by Crippen LogP contribution is 2.40. The van der Waals surface area contributed by atoms with Crippen LogP contribution < -0.4 is 0 Å². The number of fused-ring (bicyclic) bond motifs is 7. The first kappa shape index (κ1) is 21.3. The predicted octanol–water partition coefficient (Wildman–Crippen LogP) is 9.65. The number of nitrogens with zero attached hydrogens (tertiary/aromatic N) is 2. The van der Waals surface area contributed by atoms with Gasteiger partial charge in [0.1, 0.15) is 0 Å². The van der Waals surface area contributed by atoms with Gasteiger partial charge in [-0.05, 0) is 67.8 Å². The van der Waals surface area contributed by atoms with Crippen LogP contribution in [0, 0.1) is 13.8 Å². The molecule has 0 aliphatic rings. The minimum Gasteiger partial charge on any atom is -0.309 e. The molecule has 0 aliphatic carbocycles. The number of hydrogen-bond acceptors (Lipinski definition) is 0. The molecule has 0 radical (unpaired) electrons. The van der Waals surface area contributed by atoms with Gasteiger partial charge in [-0.2, -0.15) is 0 Å². The summed E-state index contributed by atoms with van der Waals surface area (Å²) < 4.78 is 4.90. The summed E-state index contributed by atoms with van der Waals surface area (Å²) in [5, 5.41) is 7.64. The van der Waals surface area contributed by atoms with Crippen LogP contribution in [0.3, 0.4) is 0 Å². The number of para-hydroxylation sites is 2. The van der Waals surface area contributed by atoms with Crippen LogP contribution in [-0.4, -0.2) is 9.13 Å². The molecule has 0 fully saturated rings. The fourth-order valence-corrected chi connectivity index (χ4v) is 6.37. The van der Waals surface area contributed by atoms with Crippen LogP contribution in [0.1, 0.15) is 11.1 Å². The smallest absolute Gasteiger partial charge is 0.0561 e. The molecule has 180 valence electrons. The lowest BCUT2D eigenvalue weighted by Crippen LogP contribution is -2.01. The number of benzene rings is 6. The van der Waals surface area contributed by atoms with Gasteiger partial charge in [-0.25, -0.2) is 0 Å². The molecule has 6 aromatic carbocycles. The Bertz CT molecular complexity index is 2050. The van der Waals surface area contributed by atoms with Crippen molar-refractivity contribution in [1.29, 1.82) is 0 Å². The molecule has 0 N–H and O–H groups in total. The predicted molar refractivity (Wildman–Crippen MR) is 162 cm³/mol. The Kier molecular flexibility index (Phi) is 4.39. The Hall–Kier alpha value is -4.82. The van der Waals surface area contributed by atoms with Crippen LogP contribution in [0.25, 0.3) is 65.8 Å². The average molecular weight is 487 g/mol. The van der Waals surface area contributed by atoms with Crippen molar-refractivity contribution < 1.29 is 0 Å². The van der Waals surface area contributed by atoms with E-state index in [0.717, 1.165) is 0 Å². The SMILES string of the molecule is Cc1ccc2c(c1)c1ccccc1n2-c1cccc2cccc(-n3c4ccccc4c4cc(C)ccc43)c12. The van der Waals surface area contributed by atoms with E-state index in [0.29, 0.717) is 0 Å². The molecule has 0 unspecified atom stereocenters. The van der Waals surface area contributed by atoms with E-state index in [1.165, 1.54) is 76.9 Å². The summed E-state index contributed by atoms with van der Waals surface area (Å²) in [6, 6.07) is 44.6. The largest absolute Gasteiger partial charge is 0.309 e. The van der Waals surface area contributed by atoms with Gasteiger partial charge in [-0.15, -0.1) is 0 Å². The molecule has 2 heteroatoms. The minimum atomic E-state index is 1.20. The van der Waals surface area contributed by atoms with E-state index in [1.54, 1.807) is 0 Å². The van der Waals surface area contributed by atoms with Crippen molar-refractivity contribution in [2.75, 3.05) is 0 Å². The third-order valence-corrected chi connectivity index (χ3v) is 8.00. The summed E-state index contributed by atoms with van der Waals surface area (Å²) in [7, 11) is 0. The molecule has 2 aromatic heterocycles. The zero-order valence-electron chi connectivity index (χ0n) is 21.4. The summed E-state index contributed by atoms with van der Waals surface area (Å²) in [5.74, 6) is 0. The third-order valence-electron chi connectivity index (χ3n) is 8.00. The average Bonchev–Trinajstić information content (AvgIpc) is 3.44. The highest BCUT2D eigenvalue weighted by Gasteiger charge is 2.19. The van der Waals surface area contributed by atoms with Gasteiger partial charge < -0.3 is 9.13 Å². The standard InChI is InChI=1S/C36H26N2/c1-23-17-19-32-28(21-23)26-11-3-5-13-30(26)37(32)34-15-7-9-25-10-8-16-35(36(25)34)38-31-14-6-4-12-27(31)29-22-24(2)18-20-33(29)38/h3-22H,1-2H3. The molecule has 8 rings (SSSR count). The molecule has 0 aliphatic heterocycles. The Morgan fingerprint density at radius 2 is 0.842 bits per heavy atom. The monoisotopic (exact) mass is 486 g/mol. The van der Waals surface area contributed by atoms with Crippen molar-refractivity contribution >= 4 is 54.4 Å². The van der Waals surface area contributed by atoms with E-state index in [2.05, 4.69) is 144 Å². The maximum absolute atomic E-state index is 2.45. The molecule has 0 atom stereocenters. The summed E-state index contributed by atoms with van der Waals surface area (Å²) in [5.41, 5.74) is 9.88. The van der Waals surface area contributed by atoms with Crippen LogP contribution in [0.2, 0.25) is 0 Å². The second kappa shape index (κ2) is 7.84. The Labute approximate surface area is 221 Å². The third kappa shape index (κ3) is 2.89. The van der Waals surface area contributed by atoms with E-state index in [1.807, 2.05) is 0 Å². The highest BCUT2D eigenvalue weighted by atomic mass is 15.0. The van der Waals surface area contributed by atoms with Crippen LogP contribution in [0.5, 0.6) is 0 Å². The molecule has 8 aromatic rings. The molecular weight excluding hydrogens is 460 g/mol. The number of hydrogen-bond donors (Lipinski definition) is 0. The van der Waals surface area contributed by atoms with Gasteiger partial charge in [0, 0.05) is 26.9 Å². The van der Waals surface area contributed by atoms with Crippen molar-refractivity contribution in [1.82, 2.24) is 9.13 Å². The zero-order valence-corrected chi connectivity index (χ0v) is 21.4. The van der Waals surface area contributed by atoms with Crippen LogP contribution >= 0.6 is 0 Å². The fraction of sp³-hybridized carbons (Fsp3) is 0.0556. The van der Waals surface area contributed by atoms with E-state index >= 15 is 0 Å². The van der Waals surface area contributed by atoms with Gasteiger partial charge >= 0.3 is 0 Å². The molecule has 0 spiro atoms. The topological polar surface area (TPSA) is 9.86 Å². The fourth-order valence-electron chi connectivity index (χ4n) is 6.37. The van der Waals surface area contributed by atoms with Crippen molar-refractivity contribution in [3.05, 3.63) is 132 Å². The first-order valence-corrected chi connectivity index (χ1v) is 13.2. The highest BCUT2D eigenvalue weighted by molar-refractivity contribution is 6.13. The Balaban J connectivity index is 1.56. The van der Waals surface area contributed by atoms with Crippen molar-refractivity contribution in [2.24, 2.45) is 0 Å². The summed E-state index contributed by atoms with van der Waals surface area (Å²) in [4.78, 5) is 0. The Morgan fingerprint density at radius 1 is 0.395 bits per heavy atom. The van der Waals surface area contributed by atoms with Gasteiger partial charge in [0.15, 0.2) is 0 Å². The normalized spacial score (nSPS) is 11.9. The van der Waals surface area contributed by atoms with Gasteiger partial charge in [-0.1, -0.05) is 83.9 Å². The summed E-state index contributed by atoms with van der Waals surface area (Å²) in [6.07, 6.45) is 0. The Morgan fingerprint density at radius 3 is 1.34 bits per heavy atom. The maximum Gasteiger partial charge on any atom is 0.0561 e. The summed E-state index contributed by atoms with van der Waals surface area (Å²) in [6.45, 7) is 4.34. The molecule has 0 saturated carbocycles. The van der Waals surface area contributed by atoms with E-state index < -0.39 is 0 Å².